The zero-order valence-electron chi connectivity index (χ0n) is 9.64. The number of carbonyl (C=O) groups is 1. The minimum Gasteiger partial charge on any atom is -0.507 e. The molecule has 0 aliphatic heterocycles. The van der Waals surface area contributed by atoms with E-state index in [9.17, 15) is 9.90 Å². The Morgan fingerprint density at radius 2 is 2.35 bits per heavy atom. The standard InChI is InChI=1S/C11H14N2O4/c1-3-17-9-5-4-8(10(14)6-9)7-12-13-11(15)16-2/h4-7,14H,3H2,1-2H3,(H,13,15)/b12-7+. The highest BCUT2D eigenvalue weighted by Crippen LogP contribution is 2.22. The second-order valence-corrected chi connectivity index (χ2v) is 3.02. The highest BCUT2D eigenvalue weighted by atomic mass is 16.5. The first-order valence-corrected chi connectivity index (χ1v) is 5.00. The molecular weight excluding hydrogens is 224 g/mol. The fourth-order valence-corrected chi connectivity index (χ4v) is 1.09. The Bertz CT molecular complexity index is 418. The average molecular weight is 238 g/mol. The van der Waals surface area contributed by atoms with Crippen LogP contribution in [0, 0.1) is 0 Å². The van der Waals surface area contributed by atoms with Crippen molar-refractivity contribution in [1.82, 2.24) is 5.43 Å². The summed E-state index contributed by atoms with van der Waals surface area (Å²) in [6, 6.07) is 4.80. The van der Waals surface area contributed by atoms with Crippen LogP contribution in [-0.2, 0) is 4.74 Å². The van der Waals surface area contributed by atoms with Crippen molar-refractivity contribution in [3.05, 3.63) is 23.8 Å². The third kappa shape index (κ3) is 4.02. The van der Waals surface area contributed by atoms with E-state index in [-0.39, 0.29) is 5.75 Å². The van der Waals surface area contributed by atoms with Crippen molar-refractivity contribution in [2.75, 3.05) is 13.7 Å². The number of phenolic OH excluding ortho intramolecular Hbond substituents is 1. The number of hydrogen-bond acceptors (Lipinski definition) is 5. The summed E-state index contributed by atoms with van der Waals surface area (Å²) in [6.45, 7) is 2.38. The number of nitrogens with zero attached hydrogens (tertiary/aromatic N) is 1. The number of rotatable bonds is 4. The van der Waals surface area contributed by atoms with Gasteiger partial charge in [0, 0.05) is 11.6 Å². The van der Waals surface area contributed by atoms with Gasteiger partial charge in [0.15, 0.2) is 0 Å². The van der Waals surface area contributed by atoms with Crippen LogP contribution in [0.4, 0.5) is 4.79 Å². The van der Waals surface area contributed by atoms with Crippen molar-refractivity contribution in [3.8, 4) is 11.5 Å². The summed E-state index contributed by atoms with van der Waals surface area (Å²) in [5.41, 5.74) is 2.58. The molecule has 0 unspecified atom stereocenters. The van der Waals surface area contributed by atoms with Crippen molar-refractivity contribution < 1.29 is 19.4 Å². The molecule has 0 spiro atoms. The van der Waals surface area contributed by atoms with Crippen LogP contribution in [0.2, 0.25) is 0 Å². The molecule has 6 nitrogen and oxygen atoms in total. The van der Waals surface area contributed by atoms with Gasteiger partial charge >= 0.3 is 6.09 Å². The molecule has 0 saturated carbocycles. The van der Waals surface area contributed by atoms with Crippen molar-refractivity contribution >= 4 is 12.3 Å². The van der Waals surface area contributed by atoms with E-state index < -0.39 is 6.09 Å². The highest BCUT2D eigenvalue weighted by Gasteiger charge is 2.01. The van der Waals surface area contributed by atoms with Crippen LogP contribution in [-0.4, -0.2) is 31.1 Å². The Morgan fingerprint density at radius 1 is 1.59 bits per heavy atom. The quantitative estimate of drug-likeness (QED) is 0.615. The van der Waals surface area contributed by atoms with Crippen LogP contribution in [0.3, 0.4) is 0 Å². The zero-order valence-corrected chi connectivity index (χ0v) is 9.64. The number of benzene rings is 1. The van der Waals surface area contributed by atoms with E-state index in [1.165, 1.54) is 19.4 Å². The SMILES string of the molecule is CCOc1ccc(/C=N/NC(=O)OC)c(O)c1. The van der Waals surface area contributed by atoms with Crippen LogP contribution in [0.5, 0.6) is 11.5 Å². The second-order valence-electron chi connectivity index (χ2n) is 3.02. The van der Waals surface area contributed by atoms with Gasteiger partial charge in [-0.05, 0) is 19.1 Å². The van der Waals surface area contributed by atoms with Crippen LogP contribution in [0.15, 0.2) is 23.3 Å². The number of hydrazone groups is 1. The molecule has 0 atom stereocenters. The number of nitrogens with one attached hydrogen (secondary N) is 1. The second kappa shape index (κ2) is 6.37. The molecule has 92 valence electrons. The van der Waals surface area contributed by atoms with E-state index in [0.29, 0.717) is 17.9 Å². The van der Waals surface area contributed by atoms with Crippen LogP contribution < -0.4 is 10.2 Å². The Hall–Kier alpha value is -2.24. The van der Waals surface area contributed by atoms with Crippen LogP contribution in [0.25, 0.3) is 0 Å². The third-order valence-corrected chi connectivity index (χ3v) is 1.86. The summed E-state index contributed by atoms with van der Waals surface area (Å²) >= 11 is 0. The molecule has 1 aromatic rings. The number of methoxy groups -OCH3 is 1. The molecule has 0 bridgehead atoms. The number of phenols is 1. The minimum absolute atomic E-state index is 0.0198. The number of aromatic hydroxyl groups is 1. The molecule has 0 aliphatic carbocycles. The molecule has 0 saturated heterocycles. The Kier molecular flexibility index (Phi) is 4.80. The first kappa shape index (κ1) is 12.8. The molecule has 0 fully saturated rings. The lowest BCUT2D eigenvalue weighted by Gasteiger charge is -2.04. The van der Waals surface area contributed by atoms with Gasteiger partial charge in [-0.2, -0.15) is 5.10 Å². The van der Waals surface area contributed by atoms with Gasteiger partial charge in [-0.3, -0.25) is 0 Å². The smallest absolute Gasteiger partial charge is 0.427 e. The summed E-state index contributed by atoms with van der Waals surface area (Å²) in [7, 11) is 1.24. The van der Waals surface area contributed by atoms with E-state index in [4.69, 9.17) is 4.74 Å². The zero-order chi connectivity index (χ0) is 12.7. The molecule has 0 heterocycles. The summed E-state index contributed by atoms with van der Waals surface area (Å²) in [4.78, 5) is 10.7. The monoisotopic (exact) mass is 238 g/mol. The van der Waals surface area contributed by atoms with Crippen LogP contribution in [0.1, 0.15) is 12.5 Å². The Morgan fingerprint density at radius 3 is 2.94 bits per heavy atom. The van der Waals surface area contributed by atoms with E-state index in [2.05, 4.69) is 15.3 Å². The van der Waals surface area contributed by atoms with Gasteiger partial charge in [-0.25, -0.2) is 10.2 Å². The maximum absolute atomic E-state index is 10.7. The van der Waals surface area contributed by atoms with Crippen LogP contribution >= 0.6 is 0 Å². The van der Waals surface area contributed by atoms with E-state index >= 15 is 0 Å². The van der Waals surface area contributed by atoms with E-state index in [0.717, 1.165) is 0 Å². The fourth-order valence-electron chi connectivity index (χ4n) is 1.09. The topological polar surface area (TPSA) is 80.2 Å². The third-order valence-electron chi connectivity index (χ3n) is 1.86. The molecule has 1 amide bonds. The molecule has 1 aromatic carbocycles. The molecule has 6 heteroatoms. The van der Waals surface area contributed by atoms with Gasteiger partial charge in [0.1, 0.15) is 11.5 Å². The summed E-state index contributed by atoms with van der Waals surface area (Å²) in [5, 5.41) is 13.2. The van der Waals surface area contributed by atoms with Crippen molar-refractivity contribution in [3.63, 3.8) is 0 Å². The van der Waals surface area contributed by atoms with Gasteiger partial charge in [0.2, 0.25) is 0 Å². The number of amides is 1. The Labute approximate surface area is 98.9 Å². The maximum atomic E-state index is 10.7. The lowest BCUT2D eigenvalue weighted by molar-refractivity contribution is 0.171. The van der Waals surface area contributed by atoms with Gasteiger partial charge < -0.3 is 14.6 Å². The lowest BCUT2D eigenvalue weighted by Crippen LogP contribution is -2.16. The van der Waals surface area contributed by atoms with E-state index in [1.807, 2.05) is 6.92 Å². The molecule has 0 radical (unpaired) electrons. The molecule has 1 rings (SSSR count). The van der Waals surface area contributed by atoms with Crippen molar-refractivity contribution in [1.29, 1.82) is 0 Å². The van der Waals surface area contributed by atoms with Crippen molar-refractivity contribution in [2.45, 2.75) is 6.92 Å². The van der Waals surface area contributed by atoms with Gasteiger partial charge in [0.25, 0.3) is 0 Å². The maximum Gasteiger partial charge on any atom is 0.427 e. The normalized spacial score (nSPS) is 10.2. The first-order valence-electron chi connectivity index (χ1n) is 5.00. The summed E-state index contributed by atoms with van der Waals surface area (Å²) in [5.74, 6) is 0.592. The fraction of sp³-hybridized carbons (Fsp3) is 0.273. The molecule has 0 aliphatic rings. The molecule has 0 aromatic heterocycles. The first-order chi connectivity index (χ1) is 8.17. The average Bonchev–Trinajstić information content (AvgIpc) is 2.32. The summed E-state index contributed by atoms with van der Waals surface area (Å²) < 4.78 is 9.53. The molecule has 2 N–H and O–H groups in total. The molecule has 17 heavy (non-hydrogen) atoms. The van der Waals surface area contributed by atoms with Gasteiger partial charge in [0.05, 0.1) is 19.9 Å². The van der Waals surface area contributed by atoms with E-state index in [1.54, 1.807) is 12.1 Å². The largest absolute Gasteiger partial charge is 0.507 e. The van der Waals surface area contributed by atoms with Gasteiger partial charge in [-0.15, -0.1) is 0 Å². The predicted octanol–water partition coefficient (Wildman–Crippen LogP) is 1.48. The number of ether oxygens (including phenoxy) is 2. The predicted molar refractivity (Wildman–Crippen MR) is 62.4 cm³/mol. The lowest BCUT2D eigenvalue weighted by atomic mass is 10.2. The number of carbonyl (C=O) groups excluding carboxylic acids is 1. The number of hydrogen-bond donors (Lipinski definition) is 2. The van der Waals surface area contributed by atoms with Crippen molar-refractivity contribution in [2.24, 2.45) is 5.10 Å². The highest BCUT2D eigenvalue weighted by molar-refractivity contribution is 5.84. The minimum atomic E-state index is -0.674. The van der Waals surface area contributed by atoms with Gasteiger partial charge in [-0.1, -0.05) is 0 Å². The Balaban J connectivity index is 2.68. The molecular formula is C11H14N2O4. The summed E-state index contributed by atoms with van der Waals surface area (Å²) in [6.07, 6.45) is 0.633.